The first-order chi connectivity index (χ1) is 25.1. The number of halogens is 1. The fourth-order valence-corrected chi connectivity index (χ4v) is 6.15. The summed E-state index contributed by atoms with van der Waals surface area (Å²) in [6.45, 7) is 4.85. The zero-order valence-corrected chi connectivity index (χ0v) is 30.7. The van der Waals surface area contributed by atoms with E-state index in [9.17, 15) is 27.2 Å². The van der Waals surface area contributed by atoms with Crippen LogP contribution in [0.25, 0.3) is 16.8 Å². The van der Waals surface area contributed by atoms with E-state index in [4.69, 9.17) is 19.9 Å². The standard InChI is InChI=1S/C38H40FN5O8S/c1-23(2)18-31(40)36(46)51-22-52-38(47)44(32-16-15-30(53(5,48)49)20-34(32)50-4)37-41-35-17-12-28(21-43(35)42-37)27-8-6-25(7-9-27)19-33(45)24(3)26-10-13-29(39)14-11-26/h6-17,20-21,23-24,31H,18-19,22,40H2,1-5H3/t24-,31+/m1/s1. The van der Waals surface area contributed by atoms with Gasteiger partial charge in [-0.25, -0.2) is 27.0 Å². The fraction of sp³-hybridized carbons (Fsp3) is 0.289. The number of ether oxygens (including phenoxy) is 3. The minimum atomic E-state index is -3.63. The highest BCUT2D eigenvalue weighted by molar-refractivity contribution is 7.90. The largest absolute Gasteiger partial charge is 0.495 e. The number of methoxy groups -OCH3 is 1. The van der Waals surface area contributed by atoms with Gasteiger partial charge in [0.2, 0.25) is 6.79 Å². The van der Waals surface area contributed by atoms with Crippen molar-refractivity contribution in [2.45, 2.75) is 50.5 Å². The van der Waals surface area contributed by atoms with Crippen molar-refractivity contribution in [3.63, 3.8) is 0 Å². The van der Waals surface area contributed by atoms with E-state index in [0.29, 0.717) is 12.1 Å². The third kappa shape index (κ3) is 9.42. The zero-order valence-electron chi connectivity index (χ0n) is 29.9. The van der Waals surface area contributed by atoms with Crippen LogP contribution in [0.4, 0.5) is 20.8 Å². The second-order valence-electron chi connectivity index (χ2n) is 12.9. The highest BCUT2D eigenvalue weighted by Gasteiger charge is 2.29. The van der Waals surface area contributed by atoms with Gasteiger partial charge < -0.3 is 19.9 Å². The number of hydrogen-bond donors (Lipinski definition) is 1. The monoisotopic (exact) mass is 745 g/mol. The molecule has 2 atom stereocenters. The number of nitrogens with two attached hydrogens (primary N) is 1. The van der Waals surface area contributed by atoms with Crippen LogP contribution in [0.15, 0.2) is 90.0 Å². The Morgan fingerprint density at radius 1 is 0.925 bits per heavy atom. The van der Waals surface area contributed by atoms with Crippen LogP contribution in [-0.4, -0.2) is 67.1 Å². The lowest BCUT2D eigenvalue weighted by atomic mass is 9.92. The van der Waals surface area contributed by atoms with Crippen molar-refractivity contribution in [2.24, 2.45) is 11.7 Å². The lowest BCUT2D eigenvalue weighted by Crippen LogP contribution is -2.35. The number of hydrogen-bond acceptors (Lipinski definition) is 11. The number of anilines is 2. The van der Waals surface area contributed by atoms with Gasteiger partial charge in [-0.05, 0) is 65.4 Å². The number of Topliss-reactive ketones (excluding diaryl/α,β-unsaturated/α-hetero) is 1. The van der Waals surface area contributed by atoms with Gasteiger partial charge in [-0.3, -0.25) is 9.59 Å². The smallest absolute Gasteiger partial charge is 0.424 e. The fourth-order valence-electron chi connectivity index (χ4n) is 5.52. The van der Waals surface area contributed by atoms with Crippen LogP contribution in [-0.2, 0) is 35.3 Å². The Balaban J connectivity index is 1.40. The van der Waals surface area contributed by atoms with Crippen LogP contribution in [0.2, 0.25) is 0 Å². The van der Waals surface area contributed by atoms with Crippen molar-refractivity contribution in [1.29, 1.82) is 0 Å². The van der Waals surface area contributed by atoms with Crippen molar-refractivity contribution in [3.8, 4) is 16.9 Å². The molecule has 2 heterocycles. The molecule has 0 fully saturated rings. The summed E-state index contributed by atoms with van der Waals surface area (Å²) >= 11 is 0. The normalized spacial score (nSPS) is 12.7. The van der Waals surface area contributed by atoms with E-state index in [1.165, 1.54) is 42.0 Å². The van der Waals surface area contributed by atoms with Gasteiger partial charge in [0.15, 0.2) is 15.5 Å². The van der Waals surface area contributed by atoms with E-state index < -0.39 is 40.7 Å². The average molecular weight is 746 g/mol. The molecule has 0 saturated carbocycles. The average Bonchev–Trinajstić information content (AvgIpc) is 3.54. The third-order valence-electron chi connectivity index (χ3n) is 8.45. The SMILES string of the molecule is COc1cc(S(C)(=O)=O)ccc1N(C(=O)OCOC(=O)[C@@H](N)CC(C)C)c1nc2ccc(-c3ccc(CC(=O)[C@H](C)c4ccc(F)cc4)cc3)cn2n1. The molecule has 278 valence electrons. The summed E-state index contributed by atoms with van der Waals surface area (Å²) in [6, 6.07) is 19.9. The summed E-state index contributed by atoms with van der Waals surface area (Å²) in [7, 11) is -2.32. The summed E-state index contributed by atoms with van der Waals surface area (Å²) < 4.78 is 55.1. The highest BCUT2D eigenvalue weighted by Crippen LogP contribution is 2.35. The Bertz CT molecular complexity index is 2220. The van der Waals surface area contributed by atoms with Gasteiger partial charge in [0.1, 0.15) is 23.4 Å². The number of nitrogens with zero attached hydrogens (tertiary/aromatic N) is 4. The molecule has 2 aromatic heterocycles. The molecule has 15 heteroatoms. The number of aromatic nitrogens is 3. The van der Waals surface area contributed by atoms with Crippen molar-refractivity contribution < 1.29 is 41.4 Å². The summed E-state index contributed by atoms with van der Waals surface area (Å²) in [4.78, 5) is 44.3. The summed E-state index contributed by atoms with van der Waals surface area (Å²) in [5.74, 6) is -1.50. The Kier molecular flexibility index (Phi) is 11.9. The maximum Gasteiger partial charge on any atom is 0.424 e. The number of carbonyl (C=O) groups excluding carboxylic acids is 3. The molecule has 0 bridgehead atoms. The molecule has 0 aliphatic carbocycles. The summed E-state index contributed by atoms with van der Waals surface area (Å²) in [5, 5.41) is 4.52. The van der Waals surface area contributed by atoms with Crippen LogP contribution in [0.5, 0.6) is 5.75 Å². The number of sulfone groups is 1. The molecular weight excluding hydrogens is 706 g/mol. The van der Waals surface area contributed by atoms with Gasteiger partial charge in [-0.2, -0.15) is 4.98 Å². The molecule has 1 amide bonds. The highest BCUT2D eigenvalue weighted by atomic mass is 32.2. The van der Waals surface area contributed by atoms with Crippen LogP contribution in [0.3, 0.4) is 0 Å². The third-order valence-corrected chi connectivity index (χ3v) is 9.56. The van der Waals surface area contributed by atoms with Crippen molar-refractivity contribution in [3.05, 3.63) is 102 Å². The number of rotatable bonds is 14. The molecule has 0 unspecified atom stereocenters. The summed E-state index contributed by atoms with van der Waals surface area (Å²) in [6.07, 6.45) is 2.27. The first-order valence-corrected chi connectivity index (χ1v) is 18.5. The van der Waals surface area contributed by atoms with Gasteiger partial charge in [0.25, 0.3) is 5.95 Å². The van der Waals surface area contributed by atoms with Gasteiger partial charge in [-0.1, -0.05) is 57.2 Å². The molecule has 3 aromatic carbocycles. The van der Waals surface area contributed by atoms with Crippen molar-refractivity contribution in [2.75, 3.05) is 25.1 Å². The van der Waals surface area contributed by atoms with Crippen molar-refractivity contribution >= 4 is 45.0 Å². The van der Waals surface area contributed by atoms with Gasteiger partial charge in [0.05, 0.1) is 17.7 Å². The second kappa shape index (κ2) is 16.3. The molecule has 53 heavy (non-hydrogen) atoms. The molecule has 0 radical (unpaired) electrons. The zero-order chi connectivity index (χ0) is 38.4. The maximum atomic E-state index is 13.6. The second-order valence-corrected chi connectivity index (χ2v) is 14.9. The van der Waals surface area contributed by atoms with Crippen LogP contribution in [0.1, 0.15) is 44.2 Å². The Morgan fingerprint density at radius 2 is 1.60 bits per heavy atom. The quantitative estimate of drug-likeness (QED) is 0.104. The lowest BCUT2D eigenvalue weighted by molar-refractivity contribution is -0.153. The maximum absolute atomic E-state index is 13.6. The molecule has 13 nitrogen and oxygen atoms in total. The van der Waals surface area contributed by atoms with Crippen LogP contribution in [0, 0.1) is 11.7 Å². The lowest BCUT2D eigenvalue weighted by Gasteiger charge is -2.21. The molecule has 0 aliphatic heterocycles. The molecular formula is C38H40FN5O8S. The van der Waals surface area contributed by atoms with E-state index in [1.54, 1.807) is 31.3 Å². The molecule has 0 aliphatic rings. The van der Waals surface area contributed by atoms with Crippen molar-refractivity contribution in [1.82, 2.24) is 14.6 Å². The molecule has 2 N–H and O–H groups in total. The first-order valence-electron chi connectivity index (χ1n) is 16.7. The van der Waals surface area contributed by atoms with Crippen LogP contribution < -0.4 is 15.4 Å². The van der Waals surface area contributed by atoms with E-state index in [-0.39, 0.29) is 46.2 Å². The number of ketones is 1. The molecule has 0 saturated heterocycles. The number of esters is 1. The molecule has 0 spiro atoms. The predicted molar refractivity (Wildman–Crippen MR) is 195 cm³/mol. The predicted octanol–water partition coefficient (Wildman–Crippen LogP) is 6.01. The first kappa shape index (κ1) is 38.6. The number of benzene rings is 3. The van der Waals surface area contributed by atoms with Gasteiger partial charge in [0, 0.05) is 36.4 Å². The van der Waals surface area contributed by atoms with E-state index in [0.717, 1.165) is 33.4 Å². The molecule has 5 rings (SSSR count). The Morgan fingerprint density at radius 3 is 2.25 bits per heavy atom. The van der Waals surface area contributed by atoms with E-state index in [2.05, 4.69) is 10.1 Å². The van der Waals surface area contributed by atoms with E-state index in [1.807, 2.05) is 44.2 Å². The Labute approximate surface area is 306 Å². The van der Waals surface area contributed by atoms with Gasteiger partial charge >= 0.3 is 12.1 Å². The van der Waals surface area contributed by atoms with E-state index >= 15 is 0 Å². The minimum absolute atomic E-state index is 0.000504. The topological polar surface area (TPSA) is 172 Å². The number of amides is 1. The Hall–Kier alpha value is -5.67. The summed E-state index contributed by atoms with van der Waals surface area (Å²) in [5.41, 5.74) is 9.43. The number of carbonyl (C=O) groups is 3. The number of fused-ring (bicyclic) bond motifs is 1. The van der Waals surface area contributed by atoms with Gasteiger partial charge in [-0.15, -0.1) is 5.10 Å². The number of pyridine rings is 1. The minimum Gasteiger partial charge on any atom is -0.495 e. The molecule has 5 aromatic rings. The van der Waals surface area contributed by atoms with Crippen LogP contribution >= 0.6 is 0 Å².